The average Bonchev–Trinajstić information content (AvgIpc) is 2.37. The summed E-state index contributed by atoms with van der Waals surface area (Å²) in [4.78, 5) is 21.9. The zero-order valence-electron chi connectivity index (χ0n) is 10.8. The molecule has 0 aromatic rings. The van der Waals surface area contributed by atoms with E-state index >= 15 is 0 Å². The molecular weight excluding hydrogens is 320 g/mol. The fourth-order valence-corrected chi connectivity index (χ4v) is 6.73. The lowest BCUT2D eigenvalue weighted by Crippen LogP contribution is -2.25. The highest BCUT2D eigenvalue weighted by atomic mass is 32.2. The maximum Gasteiger partial charge on any atom is 0.313 e. The second kappa shape index (κ2) is 9.26. The van der Waals surface area contributed by atoms with Gasteiger partial charge in [0.05, 0.1) is 5.75 Å². The molecule has 0 radical (unpaired) electrons. The van der Waals surface area contributed by atoms with E-state index in [0.717, 1.165) is 23.0 Å². The van der Waals surface area contributed by atoms with Crippen LogP contribution in [-0.4, -0.2) is 55.5 Å². The summed E-state index contributed by atoms with van der Waals surface area (Å²) in [6.07, 6.45) is 0. The SMILES string of the molecule is C=C(C)C(=O)SCC1CSC(CSCC(=O)O)CS1. The Morgan fingerprint density at radius 1 is 1.26 bits per heavy atom. The van der Waals surface area contributed by atoms with Crippen LogP contribution >= 0.6 is 47.0 Å². The minimum Gasteiger partial charge on any atom is -0.481 e. The van der Waals surface area contributed by atoms with Crippen molar-refractivity contribution >= 4 is 58.1 Å². The maximum atomic E-state index is 11.4. The lowest BCUT2D eigenvalue weighted by molar-refractivity contribution is -0.133. The minimum absolute atomic E-state index is 0.0877. The minimum atomic E-state index is -0.744. The molecule has 0 aliphatic carbocycles. The van der Waals surface area contributed by atoms with Crippen molar-refractivity contribution in [3.05, 3.63) is 12.2 Å². The molecule has 1 rings (SSSR count). The summed E-state index contributed by atoms with van der Waals surface area (Å²) < 4.78 is 0. The van der Waals surface area contributed by atoms with E-state index in [0.29, 0.717) is 16.1 Å². The van der Waals surface area contributed by atoms with Crippen LogP contribution in [0.5, 0.6) is 0 Å². The Hall–Kier alpha value is 0.280. The molecule has 1 aliphatic rings. The summed E-state index contributed by atoms with van der Waals surface area (Å²) in [5.74, 6) is 3.27. The van der Waals surface area contributed by atoms with Crippen molar-refractivity contribution in [2.24, 2.45) is 0 Å². The predicted molar refractivity (Wildman–Crippen MR) is 89.7 cm³/mol. The van der Waals surface area contributed by atoms with Crippen molar-refractivity contribution in [3.8, 4) is 0 Å². The third-order valence-corrected chi connectivity index (χ3v) is 8.23. The Kier molecular flexibility index (Phi) is 8.45. The normalized spacial score (nSPS) is 23.0. The Balaban J connectivity index is 2.13. The molecule has 2 atom stereocenters. The van der Waals surface area contributed by atoms with Gasteiger partial charge in [0.15, 0.2) is 0 Å². The molecule has 0 saturated carbocycles. The number of hydrogen-bond acceptors (Lipinski definition) is 6. The highest BCUT2D eigenvalue weighted by Crippen LogP contribution is 2.33. The van der Waals surface area contributed by atoms with Crippen LogP contribution in [0, 0.1) is 0 Å². The van der Waals surface area contributed by atoms with Gasteiger partial charge in [0, 0.05) is 33.5 Å². The molecule has 0 bridgehead atoms. The smallest absolute Gasteiger partial charge is 0.313 e. The number of carboxylic acids is 1. The molecule has 0 aromatic heterocycles. The van der Waals surface area contributed by atoms with E-state index in [1.807, 2.05) is 23.5 Å². The van der Waals surface area contributed by atoms with Crippen molar-refractivity contribution < 1.29 is 14.7 Å². The molecule has 7 heteroatoms. The second-order valence-electron chi connectivity index (χ2n) is 4.20. The predicted octanol–water partition coefficient (Wildman–Crippen LogP) is 2.86. The molecule has 0 amide bonds. The van der Waals surface area contributed by atoms with Gasteiger partial charge in [0.25, 0.3) is 0 Å². The van der Waals surface area contributed by atoms with Crippen molar-refractivity contribution in [3.63, 3.8) is 0 Å². The van der Waals surface area contributed by atoms with Gasteiger partial charge in [-0.2, -0.15) is 23.5 Å². The third-order valence-electron chi connectivity index (χ3n) is 2.31. The number of carboxylic acid groups (broad SMARTS) is 1. The van der Waals surface area contributed by atoms with Crippen LogP contribution in [0.2, 0.25) is 0 Å². The van der Waals surface area contributed by atoms with Crippen LogP contribution in [-0.2, 0) is 9.59 Å². The topological polar surface area (TPSA) is 54.4 Å². The Morgan fingerprint density at radius 3 is 2.32 bits per heavy atom. The molecular formula is C12H18O3S4. The Bertz CT molecular complexity index is 338. The molecule has 108 valence electrons. The van der Waals surface area contributed by atoms with Crippen LogP contribution in [0.25, 0.3) is 0 Å². The summed E-state index contributed by atoms with van der Waals surface area (Å²) in [5.41, 5.74) is 0.612. The molecule has 3 nitrogen and oxygen atoms in total. The molecule has 0 aromatic carbocycles. The van der Waals surface area contributed by atoms with E-state index in [1.54, 1.807) is 6.92 Å². The van der Waals surface area contributed by atoms with Gasteiger partial charge in [-0.1, -0.05) is 18.3 Å². The van der Waals surface area contributed by atoms with E-state index in [1.165, 1.54) is 23.5 Å². The third kappa shape index (κ3) is 7.58. The summed E-state index contributed by atoms with van der Waals surface area (Å²) in [7, 11) is 0. The van der Waals surface area contributed by atoms with Gasteiger partial charge in [-0.25, -0.2) is 0 Å². The number of carbonyl (C=O) groups is 2. The Morgan fingerprint density at radius 2 is 1.84 bits per heavy atom. The first-order valence-corrected chi connectivity index (χ1v) is 10.1. The first-order valence-electron chi connectivity index (χ1n) is 5.84. The van der Waals surface area contributed by atoms with Gasteiger partial charge < -0.3 is 5.11 Å². The van der Waals surface area contributed by atoms with Crippen LogP contribution < -0.4 is 0 Å². The largest absolute Gasteiger partial charge is 0.481 e. The van der Waals surface area contributed by atoms with E-state index in [2.05, 4.69) is 6.58 Å². The maximum absolute atomic E-state index is 11.4. The summed E-state index contributed by atoms with van der Waals surface area (Å²) in [5, 5.41) is 9.71. The molecule has 1 fully saturated rings. The number of hydrogen-bond donors (Lipinski definition) is 1. The number of carbonyl (C=O) groups excluding carboxylic acids is 1. The highest BCUT2D eigenvalue weighted by Gasteiger charge is 2.23. The fourth-order valence-electron chi connectivity index (χ4n) is 1.35. The van der Waals surface area contributed by atoms with Crippen molar-refractivity contribution in [1.29, 1.82) is 0 Å². The molecule has 1 heterocycles. The number of aliphatic carboxylic acids is 1. The zero-order valence-corrected chi connectivity index (χ0v) is 14.1. The summed E-state index contributed by atoms with van der Waals surface area (Å²) >= 11 is 6.65. The van der Waals surface area contributed by atoms with E-state index in [4.69, 9.17) is 5.11 Å². The van der Waals surface area contributed by atoms with Crippen LogP contribution in [0.15, 0.2) is 12.2 Å². The van der Waals surface area contributed by atoms with Gasteiger partial charge in [0.2, 0.25) is 5.12 Å². The standard InChI is InChI=1S/C12H18O3S4/c1-8(2)12(15)19-6-10-5-17-9(4-18-10)3-16-7-11(13)14/h9-10H,1,3-7H2,2H3,(H,13,14). The highest BCUT2D eigenvalue weighted by molar-refractivity contribution is 8.15. The molecule has 19 heavy (non-hydrogen) atoms. The van der Waals surface area contributed by atoms with Crippen molar-refractivity contribution in [2.45, 2.75) is 17.4 Å². The fraction of sp³-hybridized carbons (Fsp3) is 0.667. The molecule has 0 spiro atoms. The van der Waals surface area contributed by atoms with Gasteiger partial charge >= 0.3 is 5.97 Å². The van der Waals surface area contributed by atoms with Crippen LogP contribution in [0.1, 0.15) is 6.92 Å². The van der Waals surface area contributed by atoms with Crippen molar-refractivity contribution in [2.75, 3.05) is 28.8 Å². The first-order chi connectivity index (χ1) is 8.99. The summed E-state index contributed by atoms with van der Waals surface area (Å²) in [6.45, 7) is 5.39. The average molecular weight is 339 g/mol. The van der Waals surface area contributed by atoms with E-state index < -0.39 is 5.97 Å². The van der Waals surface area contributed by atoms with Crippen LogP contribution in [0.4, 0.5) is 0 Å². The van der Waals surface area contributed by atoms with Gasteiger partial charge in [0.1, 0.15) is 0 Å². The monoisotopic (exact) mass is 338 g/mol. The zero-order chi connectivity index (χ0) is 14.3. The van der Waals surface area contributed by atoms with E-state index in [-0.39, 0.29) is 10.9 Å². The lowest BCUT2D eigenvalue weighted by Gasteiger charge is -2.27. The molecule has 2 unspecified atom stereocenters. The van der Waals surface area contributed by atoms with Gasteiger partial charge in [-0.05, 0) is 12.5 Å². The summed E-state index contributed by atoms with van der Waals surface area (Å²) in [6, 6.07) is 0. The molecule has 1 N–H and O–H groups in total. The van der Waals surface area contributed by atoms with Gasteiger partial charge in [-0.15, -0.1) is 11.8 Å². The molecule has 1 aliphatic heterocycles. The number of thioether (sulfide) groups is 4. The quantitative estimate of drug-likeness (QED) is 0.716. The molecule has 1 saturated heterocycles. The van der Waals surface area contributed by atoms with Crippen LogP contribution in [0.3, 0.4) is 0 Å². The van der Waals surface area contributed by atoms with E-state index in [9.17, 15) is 9.59 Å². The second-order valence-corrected chi connectivity index (χ2v) is 8.89. The van der Waals surface area contributed by atoms with Gasteiger partial charge in [-0.3, -0.25) is 9.59 Å². The number of rotatable bonds is 7. The first kappa shape index (κ1) is 17.3. The van der Waals surface area contributed by atoms with Crippen molar-refractivity contribution in [1.82, 2.24) is 0 Å². The lowest BCUT2D eigenvalue weighted by atomic mass is 10.4. The Labute approximate surface area is 131 Å².